The molecule has 0 spiro atoms. The molecule has 0 radical (unpaired) electrons. The van der Waals surface area contributed by atoms with Crippen LogP contribution in [0.1, 0.15) is 87.3 Å². The van der Waals surface area contributed by atoms with Crippen LogP contribution in [0.4, 0.5) is 0 Å². The molecule has 0 aliphatic heterocycles. The Morgan fingerprint density at radius 2 is 1.03 bits per heavy atom. The Kier molecular flexibility index (Phi) is 8.51. The Morgan fingerprint density at radius 3 is 1.41 bits per heavy atom. The van der Waals surface area contributed by atoms with Gasteiger partial charge in [-0.3, -0.25) is 0 Å². The molecular formula is C28H41IO5. The molecular weight excluding hydrogens is 543 g/mol. The van der Waals surface area contributed by atoms with E-state index in [0.29, 0.717) is 34.1 Å². The highest BCUT2D eigenvalue weighted by atomic mass is 127. The van der Waals surface area contributed by atoms with E-state index >= 15 is 0 Å². The van der Waals surface area contributed by atoms with E-state index in [1.54, 1.807) is 0 Å². The maximum absolute atomic E-state index is 11.9. The van der Waals surface area contributed by atoms with Crippen molar-refractivity contribution in [2.45, 2.75) is 103 Å². The lowest BCUT2D eigenvalue weighted by atomic mass is 9.98. The molecule has 0 saturated heterocycles. The maximum Gasteiger partial charge on any atom is 0.173 e. The maximum atomic E-state index is 11.9. The minimum atomic E-state index is -1.43. The monoisotopic (exact) mass is 584 g/mol. The molecule has 0 aliphatic carbocycles. The molecule has 2 aromatic carbocycles. The Hall–Kier alpha value is -1.67. The van der Waals surface area contributed by atoms with Gasteiger partial charge in [-0.15, -0.1) is 0 Å². The Bertz CT molecular complexity index is 976. The highest BCUT2D eigenvalue weighted by Crippen LogP contribution is 2.47. The van der Waals surface area contributed by atoms with Crippen molar-refractivity contribution in [1.29, 1.82) is 0 Å². The van der Waals surface area contributed by atoms with Crippen LogP contribution in [-0.4, -0.2) is 28.0 Å². The number of alkyl halides is 1. The molecule has 34 heavy (non-hydrogen) atoms. The second-order valence-corrected chi connectivity index (χ2v) is 13.3. The largest absolute Gasteiger partial charge is 0.490 e. The van der Waals surface area contributed by atoms with E-state index in [0.717, 1.165) is 0 Å². The molecule has 0 amide bonds. The third-order valence-electron chi connectivity index (χ3n) is 4.25. The topological polar surface area (TPSA) is 57.2 Å². The van der Waals surface area contributed by atoms with E-state index in [1.807, 2.05) is 113 Å². The fourth-order valence-electron chi connectivity index (χ4n) is 3.30. The minimum absolute atomic E-state index is 0.0799. The fraction of sp³-hybridized carbons (Fsp3) is 0.571. The number of hydrogen-bond acceptors (Lipinski definition) is 5. The predicted octanol–water partition coefficient (Wildman–Crippen LogP) is 7.63. The van der Waals surface area contributed by atoms with Gasteiger partial charge in [0.05, 0.1) is 6.10 Å². The summed E-state index contributed by atoms with van der Waals surface area (Å²) in [5, 5.41) is 11.9. The average Bonchev–Trinajstić information content (AvgIpc) is 2.56. The summed E-state index contributed by atoms with van der Waals surface area (Å²) >= 11 is 2.05. The van der Waals surface area contributed by atoms with E-state index in [1.165, 1.54) is 0 Å². The standard InChI is InChI=1S/C28H41IO5/c1-18(2)31-23-16-19(32-25(3,4)5)12-14-21(23)28(29,30)22-15-13-20(33-26(6,7)8)17-24(22)34-27(9,10)11/h12-18,30H,1-11H3. The normalized spacial score (nSPS) is 14.5. The van der Waals surface area contributed by atoms with Crippen molar-refractivity contribution in [3.05, 3.63) is 47.5 Å². The number of ether oxygens (including phenoxy) is 4. The van der Waals surface area contributed by atoms with Gasteiger partial charge in [0.1, 0.15) is 39.8 Å². The first-order chi connectivity index (χ1) is 15.3. The van der Waals surface area contributed by atoms with Crippen molar-refractivity contribution >= 4 is 22.6 Å². The summed E-state index contributed by atoms with van der Waals surface area (Å²) in [6, 6.07) is 11.1. The molecule has 0 saturated carbocycles. The number of hydrogen-bond donors (Lipinski definition) is 1. The zero-order valence-corrected chi connectivity index (χ0v) is 24.7. The van der Waals surface area contributed by atoms with Gasteiger partial charge >= 0.3 is 0 Å². The lowest BCUT2D eigenvalue weighted by Crippen LogP contribution is -2.28. The molecule has 2 aromatic rings. The van der Waals surface area contributed by atoms with Crippen molar-refractivity contribution in [2.75, 3.05) is 0 Å². The zero-order chi connectivity index (χ0) is 26.1. The van der Waals surface area contributed by atoms with Crippen LogP contribution in [0.5, 0.6) is 23.0 Å². The zero-order valence-electron chi connectivity index (χ0n) is 22.5. The van der Waals surface area contributed by atoms with E-state index in [-0.39, 0.29) is 17.3 Å². The second-order valence-electron chi connectivity index (χ2n) is 11.7. The van der Waals surface area contributed by atoms with E-state index < -0.39 is 9.21 Å². The first kappa shape index (κ1) is 28.6. The predicted molar refractivity (Wildman–Crippen MR) is 147 cm³/mol. The molecule has 0 bridgehead atoms. The molecule has 0 heterocycles. The van der Waals surface area contributed by atoms with Crippen molar-refractivity contribution in [1.82, 2.24) is 0 Å². The fourth-order valence-corrected chi connectivity index (χ4v) is 4.19. The summed E-state index contributed by atoms with van der Waals surface area (Å²) < 4.78 is 23.1. The van der Waals surface area contributed by atoms with Gasteiger partial charge in [0.2, 0.25) is 0 Å². The van der Waals surface area contributed by atoms with Gasteiger partial charge in [0.15, 0.2) is 3.61 Å². The Labute approximate surface area is 219 Å². The summed E-state index contributed by atoms with van der Waals surface area (Å²) in [5.74, 6) is 2.47. The third kappa shape index (κ3) is 8.52. The van der Waals surface area contributed by atoms with Crippen LogP contribution in [0.2, 0.25) is 0 Å². The summed E-state index contributed by atoms with van der Waals surface area (Å²) in [4.78, 5) is 0. The molecule has 1 unspecified atom stereocenters. The van der Waals surface area contributed by atoms with Crippen LogP contribution in [0.15, 0.2) is 36.4 Å². The first-order valence-electron chi connectivity index (χ1n) is 11.7. The van der Waals surface area contributed by atoms with Gasteiger partial charge in [-0.1, -0.05) is 0 Å². The number of aliphatic hydroxyl groups is 1. The van der Waals surface area contributed by atoms with E-state index in [9.17, 15) is 5.11 Å². The van der Waals surface area contributed by atoms with Crippen LogP contribution in [-0.2, 0) is 3.61 Å². The summed E-state index contributed by atoms with van der Waals surface area (Å²) in [5.41, 5.74) is 0.0494. The average molecular weight is 585 g/mol. The lowest BCUT2D eigenvalue weighted by molar-refractivity contribution is 0.114. The molecule has 5 nitrogen and oxygen atoms in total. The van der Waals surface area contributed by atoms with Crippen LogP contribution >= 0.6 is 22.6 Å². The molecule has 0 fully saturated rings. The quantitative estimate of drug-likeness (QED) is 0.268. The van der Waals surface area contributed by atoms with Crippen molar-refractivity contribution in [3.63, 3.8) is 0 Å². The van der Waals surface area contributed by atoms with Crippen LogP contribution in [0, 0.1) is 0 Å². The molecule has 190 valence electrons. The number of rotatable bonds is 7. The molecule has 2 rings (SSSR count). The summed E-state index contributed by atoms with van der Waals surface area (Å²) in [6.07, 6.45) is -0.0799. The van der Waals surface area contributed by atoms with Crippen LogP contribution in [0.25, 0.3) is 0 Å². The first-order valence-corrected chi connectivity index (χ1v) is 12.8. The van der Waals surface area contributed by atoms with Crippen molar-refractivity contribution < 1.29 is 24.1 Å². The lowest BCUT2D eigenvalue weighted by Gasteiger charge is -2.31. The summed E-state index contributed by atoms with van der Waals surface area (Å²) in [6.45, 7) is 21.8. The Morgan fingerprint density at radius 1 is 0.647 bits per heavy atom. The van der Waals surface area contributed by atoms with Crippen molar-refractivity contribution in [3.8, 4) is 23.0 Å². The third-order valence-corrected chi connectivity index (χ3v) is 5.41. The SMILES string of the molecule is CC(C)Oc1cc(OC(C)(C)C)ccc1C(O)(I)c1ccc(OC(C)(C)C)cc1OC(C)(C)C. The number of halogens is 1. The van der Waals surface area contributed by atoms with Gasteiger partial charge in [0.25, 0.3) is 0 Å². The van der Waals surface area contributed by atoms with E-state index in [2.05, 4.69) is 22.6 Å². The van der Waals surface area contributed by atoms with Gasteiger partial charge < -0.3 is 24.1 Å². The highest BCUT2D eigenvalue weighted by molar-refractivity contribution is 14.1. The van der Waals surface area contributed by atoms with Gasteiger partial charge in [-0.25, -0.2) is 0 Å². The molecule has 0 aliphatic rings. The summed E-state index contributed by atoms with van der Waals surface area (Å²) in [7, 11) is 0. The Balaban J connectivity index is 2.64. The van der Waals surface area contributed by atoms with Crippen LogP contribution < -0.4 is 18.9 Å². The minimum Gasteiger partial charge on any atom is -0.490 e. The van der Waals surface area contributed by atoms with Crippen molar-refractivity contribution in [2.24, 2.45) is 0 Å². The molecule has 1 N–H and O–H groups in total. The van der Waals surface area contributed by atoms with E-state index in [4.69, 9.17) is 18.9 Å². The number of benzene rings is 2. The molecule has 1 atom stereocenters. The molecule has 6 heteroatoms. The van der Waals surface area contributed by atoms with Gasteiger partial charge in [-0.2, -0.15) is 0 Å². The van der Waals surface area contributed by atoms with Gasteiger partial charge in [0, 0.05) is 23.3 Å². The molecule has 0 aromatic heterocycles. The van der Waals surface area contributed by atoms with Gasteiger partial charge in [-0.05, 0) is 123 Å². The highest BCUT2D eigenvalue weighted by Gasteiger charge is 2.36. The van der Waals surface area contributed by atoms with Crippen LogP contribution in [0.3, 0.4) is 0 Å². The second kappa shape index (κ2) is 10.1. The smallest absolute Gasteiger partial charge is 0.173 e.